The van der Waals surface area contributed by atoms with Crippen LogP contribution in [0.1, 0.15) is 15.9 Å². The number of hydrogen-bond acceptors (Lipinski definition) is 2. The molecule has 0 atom stereocenters. The third-order valence-corrected chi connectivity index (χ3v) is 2.67. The molecule has 2 aromatic rings. The van der Waals surface area contributed by atoms with Crippen LogP contribution in [0.4, 0.5) is 0 Å². The third-order valence-electron chi connectivity index (χ3n) is 2.67. The molecule has 0 aliphatic rings. The maximum Gasteiger partial charge on any atom is 0.252 e. The summed E-state index contributed by atoms with van der Waals surface area (Å²) < 4.78 is 7.12. The Morgan fingerprint density at radius 3 is 2.53 bits per heavy atom. The van der Waals surface area contributed by atoms with Gasteiger partial charge in [0.2, 0.25) is 0 Å². The van der Waals surface area contributed by atoms with E-state index in [1.807, 2.05) is 41.2 Å². The maximum absolute atomic E-state index is 11.3. The van der Waals surface area contributed by atoms with Crippen LogP contribution in [0.2, 0.25) is 0 Å². The lowest BCUT2D eigenvalue weighted by atomic mass is 10.1. The number of hydrogen-bond donors (Lipinski definition) is 1. The maximum atomic E-state index is 11.3. The van der Waals surface area contributed by atoms with E-state index in [1.54, 1.807) is 12.1 Å². The van der Waals surface area contributed by atoms with E-state index in [0.29, 0.717) is 17.9 Å². The van der Waals surface area contributed by atoms with Crippen molar-refractivity contribution in [1.29, 1.82) is 0 Å². The molecular weight excluding hydrogens is 264 g/mol. The fraction of sp³-hybridized carbons (Fsp3) is 0.143. The second kappa shape index (κ2) is 6.75. The average Bonchev–Trinajstić information content (AvgIpc) is 2.40. The highest BCUT2D eigenvalue weighted by Crippen LogP contribution is 2.19. The van der Waals surface area contributed by atoms with Gasteiger partial charge in [-0.05, 0) is 18.2 Å². The number of amides is 1. The van der Waals surface area contributed by atoms with E-state index in [1.165, 1.54) is 7.11 Å². The number of primary amides is 1. The molecule has 4 nitrogen and oxygen atoms in total. The molecule has 1 aromatic carbocycles. The topological polar surface area (TPSA) is 56.2 Å². The highest BCUT2D eigenvalue weighted by molar-refractivity contribution is 5.95. The van der Waals surface area contributed by atoms with Gasteiger partial charge in [0.1, 0.15) is 5.75 Å². The molecule has 0 fully saturated rings. The van der Waals surface area contributed by atoms with E-state index in [4.69, 9.17) is 10.5 Å². The molecule has 0 unspecified atom stereocenters. The first-order valence-corrected chi connectivity index (χ1v) is 5.61. The average molecular weight is 279 g/mol. The monoisotopic (exact) mass is 278 g/mol. The highest BCUT2D eigenvalue weighted by Gasteiger charge is 2.11. The van der Waals surface area contributed by atoms with Gasteiger partial charge in [-0.25, -0.2) is 4.57 Å². The minimum Gasteiger partial charge on any atom is -1.00 e. The lowest BCUT2D eigenvalue weighted by Gasteiger charge is -2.06. The van der Waals surface area contributed by atoms with Gasteiger partial charge in [-0.3, -0.25) is 4.79 Å². The Hall–Kier alpha value is -2.07. The molecule has 1 heterocycles. The van der Waals surface area contributed by atoms with Gasteiger partial charge in [0.05, 0.1) is 12.7 Å². The minimum absolute atomic E-state index is 0. The second-order valence-corrected chi connectivity index (χ2v) is 3.95. The molecule has 2 rings (SSSR count). The van der Waals surface area contributed by atoms with E-state index in [9.17, 15) is 4.79 Å². The van der Waals surface area contributed by atoms with E-state index in [0.717, 1.165) is 5.56 Å². The van der Waals surface area contributed by atoms with Gasteiger partial charge in [-0.15, -0.1) is 0 Å². The molecule has 0 saturated carbocycles. The summed E-state index contributed by atoms with van der Waals surface area (Å²) in [6.07, 6.45) is 3.93. The Bertz CT molecular complexity index is 559. The van der Waals surface area contributed by atoms with Gasteiger partial charge in [0, 0.05) is 17.7 Å². The third kappa shape index (κ3) is 3.69. The van der Waals surface area contributed by atoms with E-state index < -0.39 is 5.91 Å². The van der Waals surface area contributed by atoms with Gasteiger partial charge in [-0.2, -0.15) is 0 Å². The number of nitrogens with two attached hydrogens (primary N) is 1. The molecule has 0 radical (unpaired) electrons. The predicted octanol–water partition coefficient (Wildman–Crippen LogP) is -1.87. The Morgan fingerprint density at radius 1 is 1.26 bits per heavy atom. The zero-order valence-electron chi connectivity index (χ0n) is 10.5. The molecule has 1 amide bonds. The van der Waals surface area contributed by atoms with E-state index in [2.05, 4.69) is 0 Å². The van der Waals surface area contributed by atoms with Crippen LogP contribution in [0.15, 0.2) is 48.8 Å². The van der Waals surface area contributed by atoms with Gasteiger partial charge >= 0.3 is 0 Å². The summed E-state index contributed by atoms with van der Waals surface area (Å²) >= 11 is 0. The number of pyridine rings is 1. The first-order chi connectivity index (χ1) is 8.70. The molecule has 0 spiro atoms. The van der Waals surface area contributed by atoms with Crippen LogP contribution < -0.4 is 27.4 Å². The summed E-state index contributed by atoms with van der Waals surface area (Å²) in [7, 11) is 1.52. The first kappa shape index (κ1) is 15.0. The van der Waals surface area contributed by atoms with Gasteiger partial charge in [0.25, 0.3) is 5.91 Å². The largest absolute Gasteiger partial charge is 1.00 e. The quantitative estimate of drug-likeness (QED) is 0.667. The summed E-state index contributed by atoms with van der Waals surface area (Å²) in [5.41, 5.74) is 6.74. The smallest absolute Gasteiger partial charge is 0.252 e. The fourth-order valence-corrected chi connectivity index (χ4v) is 1.80. The Balaban J connectivity index is 0.00000180. The zero-order chi connectivity index (χ0) is 13.0. The lowest BCUT2D eigenvalue weighted by Crippen LogP contribution is -3.00. The number of nitrogens with zero attached hydrogens (tertiary/aromatic N) is 1. The predicted molar refractivity (Wildman–Crippen MR) is 67.3 cm³/mol. The van der Waals surface area contributed by atoms with Gasteiger partial charge in [-0.1, -0.05) is 6.07 Å². The molecule has 0 bridgehead atoms. The number of ether oxygens (including phenoxy) is 1. The molecule has 2 N–H and O–H groups in total. The van der Waals surface area contributed by atoms with Crippen molar-refractivity contribution in [3.63, 3.8) is 0 Å². The van der Waals surface area contributed by atoms with Crippen molar-refractivity contribution < 1.29 is 26.5 Å². The van der Waals surface area contributed by atoms with Crippen molar-refractivity contribution in [2.45, 2.75) is 6.54 Å². The number of halogens is 1. The van der Waals surface area contributed by atoms with Crippen molar-refractivity contribution in [2.75, 3.05) is 7.11 Å². The standard InChI is InChI=1S/C14H14N2O2.ClH/c1-18-13-6-5-11(9-12(13)14(15)17)10-16-7-3-2-4-8-16;/h2-9H,10H2,1H3,(H-,15,17);1H. The summed E-state index contributed by atoms with van der Waals surface area (Å²) in [6.45, 7) is 0.686. The number of methoxy groups -OCH3 is 1. The van der Waals surface area contributed by atoms with Crippen LogP contribution in [0.25, 0.3) is 0 Å². The first-order valence-electron chi connectivity index (χ1n) is 5.61. The van der Waals surface area contributed by atoms with E-state index >= 15 is 0 Å². The molecule has 5 heteroatoms. The van der Waals surface area contributed by atoms with Crippen molar-refractivity contribution >= 4 is 5.91 Å². The molecule has 100 valence electrons. The summed E-state index contributed by atoms with van der Waals surface area (Å²) in [5, 5.41) is 0. The number of aromatic nitrogens is 1. The molecule has 1 aromatic heterocycles. The van der Waals surface area contributed by atoms with Crippen molar-refractivity contribution in [3.8, 4) is 5.75 Å². The molecule has 19 heavy (non-hydrogen) atoms. The Kier molecular flexibility index (Phi) is 5.33. The Labute approximate surface area is 118 Å². The minimum atomic E-state index is -0.480. The number of carbonyl (C=O) groups excluding carboxylic acids is 1. The molecular formula is C14H15ClN2O2. The molecule has 0 aliphatic carbocycles. The molecule has 0 aliphatic heterocycles. The normalized spacial score (nSPS) is 9.53. The van der Waals surface area contributed by atoms with Crippen LogP contribution in [-0.4, -0.2) is 13.0 Å². The van der Waals surface area contributed by atoms with Gasteiger partial charge < -0.3 is 22.9 Å². The van der Waals surface area contributed by atoms with Crippen molar-refractivity contribution in [2.24, 2.45) is 5.73 Å². The fourth-order valence-electron chi connectivity index (χ4n) is 1.80. The number of carbonyl (C=O) groups is 1. The van der Waals surface area contributed by atoms with Crippen LogP contribution in [0.3, 0.4) is 0 Å². The lowest BCUT2D eigenvalue weighted by molar-refractivity contribution is -0.688. The van der Waals surface area contributed by atoms with Crippen molar-refractivity contribution in [3.05, 3.63) is 59.9 Å². The van der Waals surface area contributed by atoms with Crippen LogP contribution in [-0.2, 0) is 6.54 Å². The Morgan fingerprint density at radius 2 is 1.95 bits per heavy atom. The van der Waals surface area contributed by atoms with Crippen LogP contribution in [0, 0.1) is 0 Å². The highest BCUT2D eigenvalue weighted by atomic mass is 35.5. The summed E-state index contributed by atoms with van der Waals surface area (Å²) in [5.74, 6) is 0.0241. The SMILES string of the molecule is COc1ccc(C[n+]2ccccc2)cc1C(N)=O.[Cl-]. The van der Waals surface area contributed by atoms with Crippen LogP contribution >= 0.6 is 0 Å². The zero-order valence-corrected chi connectivity index (χ0v) is 11.3. The number of rotatable bonds is 4. The second-order valence-electron chi connectivity index (χ2n) is 3.95. The summed E-state index contributed by atoms with van der Waals surface area (Å²) in [6, 6.07) is 11.3. The van der Waals surface area contributed by atoms with Crippen LogP contribution in [0.5, 0.6) is 5.75 Å². The van der Waals surface area contributed by atoms with Gasteiger partial charge in [0.15, 0.2) is 18.9 Å². The number of benzene rings is 1. The molecule has 0 saturated heterocycles. The van der Waals surface area contributed by atoms with E-state index in [-0.39, 0.29) is 12.4 Å². The summed E-state index contributed by atoms with van der Waals surface area (Å²) in [4.78, 5) is 11.3. The van der Waals surface area contributed by atoms with Crippen molar-refractivity contribution in [1.82, 2.24) is 0 Å².